The van der Waals surface area contributed by atoms with Gasteiger partial charge in [0.15, 0.2) is 0 Å². The summed E-state index contributed by atoms with van der Waals surface area (Å²) in [5, 5.41) is 2.06. The van der Waals surface area contributed by atoms with Gasteiger partial charge in [-0.3, -0.25) is 4.79 Å². The van der Waals surface area contributed by atoms with Crippen LogP contribution in [0.1, 0.15) is 0 Å². The van der Waals surface area contributed by atoms with E-state index in [4.69, 9.17) is 10.8 Å². The van der Waals surface area contributed by atoms with Gasteiger partial charge >= 0.3 is 11.2 Å². The van der Waals surface area contributed by atoms with E-state index < -0.39 is 28.1 Å². The smallest absolute Gasteiger partial charge is 0.334 e. The fourth-order valence-corrected chi connectivity index (χ4v) is 1.40. The molecule has 0 aliphatic rings. The van der Waals surface area contributed by atoms with Crippen molar-refractivity contribution in [1.29, 1.82) is 0 Å². The molecule has 0 aromatic rings. The van der Waals surface area contributed by atoms with E-state index >= 15 is 0 Å². The van der Waals surface area contributed by atoms with Crippen LogP contribution in [0.2, 0.25) is 0 Å². The van der Waals surface area contributed by atoms with Gasteiger partial charge in [0.1, 0.15) is 6.04 Å². The second-order valence-corrected chi connectivity index (χ2v) is 4.09. The molecule has 8 heteroatoms. The first-order valence-electron chi connectivity index (χ1n) is 3.05. The Kier molecular flexibility index (Phi) is 5.08. The maximum absolute atomic E-state index is 12.5. The number of thioether (sulfide) groups is 1. The molecule has 0 spiro atoms. The Morgan fingerprint density at radius 2 is 2.15 bits per heavy atom. The lowest BCUT2D eigenvalue weighted by atomic mass is 10.4. The number of hydrogen-bond donors (Lipinski definition) is 2. The fourth-order valence-electron chi connectivity index (χ4n) is 0.335. The van der Waals surface area contributed by atoms with Crippen LogP contribution in [-0.4, -0.2) is 33.2 Å². The van der Waals surface area contributed by atoms with Crippen molar-refractivity contribution in [3.63, 3.8) is 0 Å². The van der Waals surface area contributed by atoms with Crippen LogP contribution in [-0.2, 0) is 4.79 Å². The number of carboxylic acids is 1. The minimum Gasteiger partial charge on any atom is -0.480 e. The van der Waals surface area contributed by atoms with E-state index in [1.54, 1.807) is 0 Å². The molecule has 13 heavy (non-hydrogen) atoms. The standard InChI is InChI=1S/C5H7BrF3NO2S/c6-4(7)5(8,9)13-1-2(10)3(11)12/h2,4H,1,10H2,(H,11,12)/t2-,4?/m0/s1. The van der Waals surface area contributed by atoms with Gasteiger partial charge in [-0.25, -0.2) is 4.39 Å². The minimum absolute atomic E-state index is 0.138. The van der Waals surface area contributed by atoms with Gasteiger partial charge in [-0.15, -0.1) is 0 Å². The highest BCUT2D eigenvalue weighted by molar-refractivity contribution is 9.09. The Bertz CT molecular complexity index is 193. The monoisotopic (exact) mass is 281 g/mol. The number of carbonyl (C=O) groups is 1. The number of carboxylic acid groups (broad SMARTS) is 1. The highest BCUT2D eigenvalue weighted by Crippen LogP contribution is 2.37. The van der Waals surface area contributed by atoms with Gasteiger partial charge < -0.3 is 10.8 Å². The second-order valence-electron chi connectivity index (χ2n) is 2.12. The van der Waals surface area contributed by atoms with Crippen LogP contribution < -0.4 is 5.73 Å². The Balaban J connectivity index is 3.95. The molecule has 0 bridgehead atoms. The number of nitrogens with two attached hydrogens (primary N) is 1. The lowest BCUT2D eigenvalue weighted by Gasteiger charge is -2.16. The summed E-state index contributed by atoms with van der Waals surface area (Å²) in [5.41, 5.74) is 4.93. The maximum atomic E-state index is 12.5. The van der Waals surface area contributed by atoms with Crippen LogP contribution >= 0.6 is 27.7 Å². The second kappa shape index (κ2) is 5.06. The van der Waals surface area contributed by atoms with E-state index in [2.05, 4.69) is 15.9 Å². The Morgan fingerprint density at radius 3 is 2.46 bits per heavy atom. The summed E-state index contributed by atoms with van der Waals surface area (Å²) in [6, 6.07) is -1.41. The van der Waals surface area contributed by atoms with Crippen molar-refractivity contribution in [3.8, 4) is 0 Å². The summed E-state index contributed by atoms with van der Waals surface area (Å²) in [6.45, 7) is 0. The van der Waals surface area contributed by atoms with E-state index in [1.165, 1.54) is 0 Å². The van der Waals surface area contributed by atoms with Gasteiger partial charge in [0, 0.05) is 5.75 Å². The van der Waals surface area contributed by atoms with Crippen LogP contribution in [0.15, 0.2) is 0 Å². The molecule has 3 nitrogen and oxygen atoms in total. The quantitative estimate of drug-likeness (QED) is 0.748. The molecular weight excluding hydrogens is 275 g/mol. The number of rotatable bonds is 5. The van der Waals surface area contributed by atoms with E-state index in [1.807, 2.05) is 0 Å². The largest absolute Gasteiger partial charge is 0.480 e. The van der Waals surface area contributed by atoms with Crippen LogP contribution in [0, 0.1) is 0 Å². The molecular formula is C5H7BrF3NO2S. The first-order valence-corrected chi connectivity index (χ1v) is 4.96. The zero-order valence-electron chi connectivity index (χ0n) is 6.21. The molecule has 0 aromatic heterocycles. The Hall–Kier alpha value is 0.0500. The van der Waals surface area contributed by atoms with Crippen LogP contribution in [0.4, 0.5) is 13.2 Å². The highest BCUT2D eigenvalue weighted by Gasteiger charge is 2.39. The van der Waals surface area contributed by atoms with Gasteiger partial charge in [-0.2, -0.15) is 8.78 Å². The molecule has 0 saturated heterocycles. The molecule has 0 saturated carbocycles. The first-order chi connectivity index (χ1) is 5.77. The van der Waals surface area contributed by atoms with Crippen molar-refractivity contribution < 1.29 is 23.1 Å². The van der Waals surface area contributed by atoms with Crippen molar-refractivity contribution >= 4 is 33.7 Å². The van der Waals surface area contributed by atoms with Crippen LogP contribution in [0.5, 0.6) is 0 Å². The molecule has 0 amide bonds. The number of hydrogen-bond acceptors (Lipinski definition) is 3. The molecule has 0 heterocycles. The lowest BCUT2D eigenvalue weighted by molar-refractivity contribution is -0.137. The molecule has 0 rings (SSSR count). The van der Waals surface area contributed by atoms with Gasteiger partial charge in [0.05, 0.1) is 0 Å². The summed E-state index contributed by atoms with van der Waals surface area (Å²) in [5.74, 6) is -1.94. The van der Waals surface area contributed by atoms with Gasteiger partial charge in [0.2, 0.25) is 5.08 Å². The van der Waals surface area contributed by atoms with Crippen molar-refractivity contribution in [3.05, 3.63) is 0 Å². The topological polar surface area (TPSA) is 63.3 Å². The zero-order chi connectivity index (χ0) is 10.6. The molecule has 0 radical (unpaired) electrons. The normalized spacial score (nSPS) is 16.7. The predicted octanol–water partition coefficient (Wildman–Crippen LogP) is 1.41. The molecule has 0 aliphatic carbocycles. The molecule has 0 aliphatic heterocycles. The molecule has 78 valence electrons. The Labute approximate surface area is 85.0 Å². The van der Waals surface area contributed by atoms with E-state index in [-0.39, 0.29) is 11.8 Å². The lowest BCUT2D eigenvalue weighted by Crippen LogP contribution is -2.35. The van der Waals surface area contributed by atoms with Crippen molar-refractivity contribution in [2.75, 3.05) is 5.75 Å². The average Bonchev–Trinajstić information content (AvgIpc) is 1.99. The number of aliphatic carboxylic acids is 1. The van der Waals surface area contributed by atoms with Gasteiger partial charge in [0.25, 0.3) is 0 Å². The van der Waals surface area contributed by atoms with E-state index in [0.717, 1.165) is 0 Å². The summed E-state index contributed by atoms with van der Waals surface area (Å²) in [4.78, 5) is 10.1. The van der Waals surface area contributed by atoms with Gasteiger partial charge in [-0.1, -0.05) is 11.8 Å². The molecule has 2 atom stereocenters. The summed E-state index contributed by atoms with van der Waals surface area (Å²) in [7, 11) is 0. The van der Waals surface area contributed by atoms with Crippen molar-refractivity contribution in [2.24, 2.45) is 5.73 Å². The predicted molar refractivity (Wildman–Crippen MR) is 46.8 cm³/mol. The SMILES string of the molecule is N[C@@H](CSC(F)(F)C(F)Br)C(=O)O. The van der Waals surface area contributed by atoms with E-state index in [0.29, 0.717) is 0 Å². The van der Waals surface area contributed by atoms with Crippen molar-refractivity contribution in [1.82, 2.24) is 0 Å². The molecule has 3 N–H and O–H groups in total. The van der Waals surface area contributed by atoms with Gasteiger partial charge in [-0.05, 0) is 15.9 Å². The maximum Gasteiger partial charge on any atom is 0.334 e. The van der Waals surface area contributed by atoms with E-state index in [9.17, 15) is 18.0 Å². The van der Waals surface area contributed by atoms with Crippen LogP contribution in [0.3, 0.4) is 0 Å². The van der Waals surface area contributed by atoms with Crippen LogP contribution in [0.25, 0.3) is 0 Å². The molecule has 1 unspecified atom stereocenters. The highest BCUT2D eigenvalue weighted by atomic mass is 79.9. The molecule has 0 fully saturated rings. The van der Waals surface area contributed by atoms with Crippen molar-refractivity contribution in [2.45, 2.75) is 16.4 Å². The first kappa shape index (κ1) is 13.1. The fraction of sp³-hybridized carbons (Fsp3) is 0.800. The average molecular weight is 282 g/mol. The minimum atomic E-state index is -3.66. The molecule has 0 aromatic carbocycles. The third-order valence-electron chi connectivity index (χ3n) is 1.03. The number of halogens is 4. The zero-order valence-corrected chi connectivity index (χ0v) is 8.62. The third-order valence-corrected chi connectivity index (χ3v) is 3.02. The third kappa shape index (κ3) is 4.72. The summed E-state index contributed by atoms with van der Waals surface area (Å²) < 4.78 is 37.0. The summed E-state index contributed by atoms with van der Waals surface area (Å²) >= 11 is 1.92. The summed E-state index contributed by atoms with van der Waals surface area (Å²) in [6.07, 6.45) is 0. The number of alkyl halides is 4. The Morgan fingerprint density at radius 1 is 1.69 bits per heavy atom.